The van der Waals surface area contributed by atoms with Gasteiger partial charge in [-0.2, -0.15) is 0 Å². The van der Waals surface area contributed by atoms with Crippen molar-refractivity contribution in [1.29, 1.82) is 0 Å². The van der Waals surface area contributed by atoms with E-state index in [0.717, 1.165) is 44.0 Å². The van der Waals surface area contributed by atoms with Crippen LogP contribution in [0.15, 0.2) is 12.4 Å². The van der Waals surface area contributed by atoms with Gasteiger partial charge in [0.2, 0.25) is 0 Å². The molecule has 17 heavy (non-hydrogen) atoms. The fourth-order valence-electron chi connectivity index (χ4n) is 1.74. The Morgan fingerprint density at radius 3 is 2.65 bits per heavy atom. The summed E-state index contributed by atoms with van der Waals surface area (Å²) in [7, 11) is 0. The standard InChI is InChI=1S/C13H24N4/c1-4-7-17(8-5-6-14)13-9-12(11(2)3)15-10-16-13/h9-11H,4-8,14H2,1-3H3. The molecule has 0 amide bonds. The maximum absolute atomic E-state index is 5.57. The van der Waals surface area contributed by atoms with Crippen LogP contribution in [0.1, 0.15) is 45.2 Å². The minimum Gasteiger partial charge on any atom is -0.356 e. The molecule has 1 aromatic rings. The number of nitrogens with zero attached hydrogens (tertiary/aromatic N) is 3. The molecule has 96 valence electrons. The van der Waals surface area contributed by atoms with Crippen molar-refractivity contribution in [1.82, 2.24) is 9.97 Å². The van der Waals surface area contributed by atoms with Crippen molar-refractivity contribution in [3.05, 3.63) is 18.1 Å². The average molecular weight is 236 g/mol. The minimum atomic E-state index is 0.440. The Kier molecular flexibility index (Phi) is 5.91. The lowest BCUT2D eigenvalue weighted by Crippen LogP contribution is -2.28. The summed E-state index contributed by atoms with van der Waals surface area (Å²) in [6, 6.07) is 2.09. The topological polar surface area (TPSA) is 55.0 Å². The molecule has 1 aromatic heterocycles. The molecule has 0 aromatic carbocycles. The van der Waals surface area contributed by atoms with Gasteiger partial charge in [-0.3, -0.25) is 0 Å². The monoisotopic (exact) mass is 236 g/mol. The normalized spacial score (nSPS) is 10.9. The number of nitrogens with two attached hydrogens (primary N) is 1. The molecule has 0 fully saturated rings. The SMILES string of the molecule is CCCN(CCCN)c1cc(C(C)C)ncn1. The molecule has 4 nitrogen and oxygen atoms in total. The molecule has 1 rings (SSSR count). The van der Waals surface area contributed by atoms with Crippen LogP contribution in [0.5, 0.6) is 0 Å². The van der Waals surface area contributed by atoms with Crippen LogP contribution in [-0.2, 0) is 0 Å². The van der Waals surface area contributed by atoms with Crippen molar-refractivity contribution in [2.75, 3.05) is 24.5 Å². The first-order valence-corrected chi connectivity index (χ1v) is 6.46. The molecule has 0 saturated heterocycles. The van der Waals surface area contributed by atoms with Gasteiger partial charge in [0.05, 0.1) is 0 Å². The summed E-state index contributed by atoms with van der Waals surface area (Å²) in [5, 5.41) is 0. The van der Waals surface area contributed by atoms with Gasteiger partial charge < -0.3 is 10.6 Å². The quantitative estimate of drug-likeness (QED) is 0.788. The fourth-order valence-corrected chi connectivity index (χ4v) is 1.74. The van der Waals surface area contributed by atoms with Gasteiger partial charge in [-0.05, 0) is 25.3 Å². The van der Waals surface area contributed by atoms with Gasteiger partial charge in [-0.15, -0.1) is 0 Å². The number of hydrogen-bond acceptors (Lipinski definition) is 4. The minimum absolute atomic E-state index is 0.440. The predicted molar refractivity (Wildman–Crippen MR) is 72.3 cm³/mol. The van der Waals surface area contributed by atoms with Crippen LogP contribution in [0, 0.1) is 0 Å². The lowest BCUT2D eigenvalue weighted by Gasteiger charge is -2.23. The van der Waals surface area contributed by atoms with Crippen molar-refractivity contribution in [3.8, 4) is 0 Å². The number of rotatable bonds is 7. The second kappa shape index (κ2) is 7.22. The molecule has 0 radical (unpaired) electrons. The fraction of sp³-hybridized carbons (Fsp3) is 0.692. The second-order valence-corrected chi connectivity index (χ2v) is 4.59. The second-order valence-electron chi connectivity index (χ2n) is 4.59. The summed E-state index contributed by atoms with van der Waals surface area (Å²) >= 11 is 0. The molecule has 0 unspecified atom stereocenters. The van der Waals surface area contributed by atoms with E-state index in [0.29, 0.717) is 5.92 Å². The van der Waals surface area contributed by atoms with Gasteiger partial charge >= 0.3 is 0 Å². The third kappa shape index (κ3) is 4.30. The molecular formula is C13H24N4. The van der Waals surface area contributed by atoms with E-state index in [1.807, 2.05) is 0 Å². The first kappa shape index (κ1) is 13.9. The number of aromatic nitrogens is 2. The molecule has 1 heterocycles. The van der Waals surface area contributed by atoms with Crippen LogP contribution in [0.25, 0.3) is 0 Å². The maximum atomic E-state index is 5.57. The Morgan fingerprint density at radius 1 is 1.29 bits per heavy atom. The maximum Gasteiger partial charge on any atom is 0.132 e. The lowest BCUT2D eigenvalue weighted by molar-refractivity contribution is 0.706. The smallest absolute Gasteiger partial charge is 0.132 e. The van der Waals surface area contributed by atoms with Crippen molar-refractivity contribution < 1.29 is 0 Å². The van der Waals surface area contributed by atoms with Crippen LogP contribution >= 0.6 is 0 Å². The predicted octanol–water partition coefficient (Wildman–Crippen LogP) is 2.17. The Labute approximate surface area is 104 Å². The van der Waals surface area contributed by atoms with Crippen molar-refractivity contribution in [2.45, 2.75) is 39.5 Å². The Morgan fingerprint density at radius 2 is 2.06 bits per heavy atom. The van der Waals surface area contributed by atoms with Crippen LogP contribution in [0.3, 0.4) is 0 Å². The van der Waals surface area contributed by atoms with Crippen LogP contribution in [0.4, 0.5) is 5.82 Å². The molecule has 0 aliphatic heterocycles. The Balaban J connectivity index is 2.81. The molecule has 2 N–H and O–H groups in total. The highest BCUT2D eigenvalue weighted by atomic mass is 15.2. The highest BCUT2D eigenvalue weighted by molar-refractivity contribution is 5.39. The molecular weight excluding hydrogens is 212 g/mol. The highest BCUT2D eigenvalue weighted by Gasteiger charge is 2.09. The number of anilines is 1. The van der Waals surface area contributed by atoms with Gasteiger partial charge in [0.25, 0.3) is 0 Å². The van der Waals surface area contributed by atoms with Gasteiger partial charge in [0, 0.05) is 24.8 Å². The first-order chi connectivity index (χ1) is 8.19. The van der Waals surface area contributed by atoms with E-state index < -0.39 is 0 Å². The van der Waals surface area contributed by atoms with Crippen LogP contribution < -0.4 is 10.6 Å². The summed E-state index contributed by atoms with van der Waals surface area (Å²) in [6.45, 7) is 9.20. The molecule has 0 bridgehead atoms. The largest absolute Gasteiger partial charge is 0.356 e. The Hall–Kier alpha value is -1.16. The van der Waals surface area contributed by atoms with Gasteiger partial charge in [0.1, 0.15) is 12.1 Å². The van der Waals surface area contributed by atoms with Crippen LogP contribution in [-0.4, -0.2) is 29.6 Å². The van der Waals surface area contributed by atoms with Crippen molar-refractivity contribution in [3.63, 3.8) is 0 Å². The zero-order valence-electron chi connectivity index (χ0n) is 11.2. The lowest BCUT2D eigenvalue weighted by atomic mass is 10.1. The van der Waals surface area contributed by atoms with E-state index in [9.17, 15) is 0 Å². The van der Waals surface area contributed by atoms with E-state index in [2.05, 4.69) is 41.7 Å². The summed E-state index contributed by atoms with van der Waals surface area (Å²) in [5.74, 6) is 1.47. The average Bonchev–Trinajstić information content (AvgIpc) is 2.34. The molecule has 0 atom stereocenters. The summed E-state index contributed by atoms with van der Waals surface area (Å²) in [4.78, 5) is 11.0. The zero-order valence-corrected chi connectivity index (χ0v) is 11.2. The molecule has 0 aliphatic rings. The molecule has 0 aliphatic carbocycles. The number of hydrogen-bond donors (Lipinski definition) is 1. The van der Waals surface area contributed by atoms with Crippen molar-refractivity contribution >= 4 is 5.82 Å². The van der Waals surface area contributed by atoms with E-state index in [1.165, 1.54) is 0 Å². The van der Waals surface area contributed by atoms with E-state index in [4.69, 9.17) is 5.73 Å². The van der Waals surface area contributed by atoms with Crippen LogP contribution in [0.2, 0.25) is 0 Å². The van der Waals surface area contributed by atoms with E-state index in [1.54, 1.807) is 6.33 Å². The zero-order chi connectivity index (χ0) is 12.7. The third-order valence-corrected chi connectivity index (χ3v) is 2.72. The third-order valence-electron chi connectivity index (χ3n) is 2.72. The summed E-state index contributed by atoms with van der Waals surface area (Å²) in [5.41, 5.74) is 6.67. The summed E-state index contributed by atoms with van der Waals surface area (Å²) in [6.07, 6.45) is 3.78. The Bertz CT molecular complexity index is 325. The first-order valence-electron chi connectivity index (χ1n) is 6.46. The van der Waals surface area contributed by atoms with Crippen molar-refractivity contribution in [2.24, 2.45) is 5.73 Å². The highest BCUT2D eigenvalue weighted by Crippen LogP contribution is 2.17. The molecule has 0 spiro atoms. The van der Waals surface area contributed by atoms with E-state index in [-0.39, 0.29) is 0 Å². The van der Waals surface area contributed by atoms with Gasteiger partial charge in [0.15, 0.2) is 0 Å². The molecule has 0 saturated carbocycles. The van der Waals surface area contributed by atoms with E-state index >= 15 is 0 Å². The summed E-state index contributed by atoms with van der Waals surface area (Å²) < 4.78 is 0. The molecule has 4 heteroatoms. The van der Waals surface area contributed by atoms with Gasteiger partial charge in [-0.1, -0.05) is 20.8 Å². The van der Waals surface area contributed by atoms with Gasteiger partial charge in [-0.25, -0.2) is 9.97 Å².